The normalized spacial score (nSPS) is 10.3. The number of hydrogen-bond acceptors (Lipinski definition) is 2. The Morgan fingerprint density at radius 2 is 1.57 bits per heavy atom. The van der Waals surface area contributed by atoms with Gasteiger partial charge in [0.15, 0.2) is 0 Å². The van der Waals surface area contributed by atoms with Gasteiger partial charge in [-0.3, -0.25) is 0 Å². The van der Waals surface area contributed by atoms with E-state index < -0.39 is 0 Å². The maximum atomic E-state index is 11.5. The molecule has 0 aliphatic rings. The number of nitrogens with one attached hydrogen (secondary N) is 1. The second-order valence-corrected chi connectivity index (χ2v) is 5.45. The molecule has 0 aliphatic heterocycles. The van der Waals surface area contributed by atoms with E-state index in [4.69, 9.17) is 4.74 Å². The Labute approximate surface area is 129 Å². The average Bonchev–Trinajstić information content (AvgIpc) is 2.52. The van der Waals surface area contributed by atoms with Gasteiger partial charge in [0.2, 0.25) is 0 Å². The molecule has 0 fully saturated rings. The monoisotopic (exact) mass is 291 g/mol. The summed E-state index contributed by atoms with van der Waals surface area (Å²) >= 11 is 0. The number of carbonyl (C=O) groups is 1. The molecule has 118 valence electrons. The standard InChI is InChI=1S/C18H29NO2/c1-2-3-4-5-6-7-8-12-15-21-18(20)19-16-17-13-10-9-11-14-17/h9-11,13-14H,2-8,12,15-16H2,1H3,(H,19,20). The fraction of sp³-hybridized carbons (Fsp3) is 0.611. The first kappa shape index (κ1) is 17.5. The van der Waals surface area contributed by atoms with Crippen LogP contribution in [0.4, 0.5) is 4.79 Å². The van der Waals surface area contributed by atoms with Gasteiger partial charge in [0.05, 0.1) is 6.61 Å². The molecule has 0 aliphatic carbocycles. The van der Waals surface area contributed by atoms with Crippen molar-refractivity contribution in [2.24, 2.45) is 0 Å². The Bertz CT molecular complexity index is 365. The van der Waals surface area contributed by atoms with Crippen molar-refractivity contribution >= 4 is 6.09 Å². The molecule has 1 rings (SSSR count). The number of ether oxygens (including phenoxy) is 1. The van der Waals surface area contributed by atoms with Crippen molar-refractivity contribution in [3.8, 4) is 0 Å². The van der Waals surface area contributed by atoms with Crippen molar-refractivity contribution in [1.82, 2.24) is 5.32 Å². The minimum atomic E-state index is -0.318. The number of alkyl carbamates (subject to hydrolysis) is 1. The third-order valence-corrected chi connectivity index (χ3v) is 3.51. The van der Waals surface area contributed by atoms with Crippen LogP contribution in [0.25, 0.3) is 0 Å². The summed E-state index contributed by atoms with van der Waals surface area (Å²) < 4.78 is 5.16. The van der Waals surface area contributed by atoms with Crippen LogP contribution in [0.3, 0.4) is 0 Å². The van der Waals surface area contributed by atoms with Gasteiger partial charge in [0.25, 0.3) is 0 Å². The second-order valence-electron chi connectivity index (χ2n) is 5.45. The molecular weight excluding hydrogens is 262 g/mol. The van der Waals surface area contributed by atoms with Gasteiger partial charge in [0.1, 0.15) is 0 Å². The zero-order chi connectivity index (χ0) is 15.2. The van der Waals surface area contributed by atoms with Crippen molar-refractivity contribution in [3.63, 3.8) is 0 Å². The van der Waals surface area contributed by atoms with E-state index >= 15 is 0 Å². The minimum Gasteiger partial charge on any atom is -0.450 e. The van der Waals surface area contributed by atoms with Crippen LogP contribution in [0.2, 0.25) is 0 Å². The lowest BCUT2D eigenvalue weighted by molar-refractivity contribution is 0.143. The fourth-order valence-electron chi connectivity index (χ4n) is 2.22. The van der Waals surface area contributed by atoms with Gasteiger partial charge >= 0.3 is 6.09 Å². The molecular formula is C18H29NO2. The van der Waals surface area contributed by atoms with Gasteiger partial charge < -0.3 is 10.1 Å². The van der Waals surface area contributed by atoms with Crippen LogP contribution in [0.1, 0.15) is 63.9 Å². The molecule has 0 radical (unpaired) electrons. The molecule has 0 heterocycles. The molecule has 3 nitrogen and oxygen atoms in total. The topological polar surface area (TPSA) is 38.3 Å². The SMILES string of the molecule is CCCCCCCCCCOC(=O)NCc1ccccc1. The highest BCUT2D eigenvalue weighted by molar-refractivity contribution is 5.67. The molecule has 0 spiro atoms. The van der Waals surface area contributed by atoms with Crippen molar-refractivity contribution < 1.29 is 9.53 Å². The largest absolute Gasteiger partial charge is 0.450 e. The van der Waals surface area contributed by atoms with Crippen LogP contribution in [-0.2, 0) is 11.3 Å². The van der Waals surface area contributed by atoms with Gasteiger partial charge in [-0.1, -0.05) is 82.2 Å². The summed E-state index contributed by atoms with van der Waals surface area (Å²) in [6.45, 7) is 3.28. The smallest absolute Gasteiger partial charge is 0.407 e. The van der Waals surface area contributed by atoms with Crippen LogP contribution in [0.15, 0.2) is 30.3 Å². The second kappa shape index (κ2) is 12.2. The number of carbonyl (C=O) groups excluding carboxylic acids is 1. The zero-order valence-corrected chi connectivity index (χ0v) is 13.3. The van der Waals surface area contributed by atoms with E-state index in [9.17, 15) is 4.79 Å². The third kappa shape index (κ3) is 9.94. The van der Waals surface area contributed by atoms with Crippen LogP contribution in [0.5, 0.6) is 0 Å². The van der Waals surface area contributed by atoms with E-state index in [1.54, 1.807) is 0 Å². The Morgan fingerprint density at radius 3 is 2.24 bits per heavy atom. The lowest BCUT2D eigenvalue weighted by atomic mass is 10.1. The summed E-state index contributed by atoms with van der Waals surface area (Å²) in [7, 11) is 0. The van der Waals surface area contributed by atoms with Crippen molar-refractivity contribution in [3.05, 3.63) is 35.9 Å². The van der Waals surface area contributed by atoms with Crippen LogP contribution >= 0.6 is 0 Å². The highest BCUT2D eigenvalue weighted by Gasteiger charge is 2.01. The van der Waals surface area contributed by atoms with Crippen LogP contribution < -0.4 is 5.32 Å². The average molecular weight is 291 g/mol. The number of amides is 1. The van der Waals surface area contributed by atoms with Gasteiger partial charge in [-0.2, -0.15) is 0 Å². The van der Waals surface area contributed by atoms with Crippen LogP contribution in [0, 0.1) is 0 Å². The maximum absolute atomic E-state index is 11.5. The first-order valence-electron chi connectivity index (χ1n) is 8.27. The Morgan fingerprint density at radius 1 is 0.952 bits per heavy atom. The summed E-state index contributed by atoms with van der Waals surface area (Å²) in [6.07, 6.45) is 9.70. The molecule has 0 atom stereocenters. The molecule has 21 heavy (non-hydrogen) atoms. The summed E-state index contributed by atoms with van der Waals surface area (Å²) in [4.78, 5) is 11.5. The first-order valence-corrected chi connectivity index (χ1v) is 8.27. The van der Waals surface area contributed by atoms with E-state index in [0.29, 0.717) is 13.2 Å². The lowest BCUT2D eigenvalue weighted by Gasteiger charge is -2.07. The Balaban J connectivity index is 1.89. The number of benzene rings is 1. The highest BCUT2D eigenvalue weighted by Crippen LogP contribution is 2.08. The van der Waals surface area contributed by atoms with Gasteiger partial charge in [-0.05, 0) is 12.0 Å². The number of rotatable bonds is 11. The first-order chi connectivity index (χ1) is 10.3. The van der Waals surface area contributed by atoms with Crippen molar-refractivity contribution in [2.45, 2.75) is 64.8 Å². The molecule has 1 amide bonds. The van der Waals surface area contributed by atoms with E-state index in [1.807, 2.05) is 30.3 Å². The fourth-order valence-corrected chi connectivity index (χ4v) is 2.22. The maximum Gasteiger partial charge on any atom is 0.407 e. The zero-order valence-electron chi connectivity index (χ0n) is 13.3. The predicted molar refractivity (Wildman–Crippen MR) is 87.2 cm³/mol. The molecule has 1 N–H and O–H groups in total. The summed E-state index contributed by atoms with van der Waals surface area (Å²) in [5.41, 5.74) is 1.08. The van der Waals surface area contributed by atoms with Gasteiger partial charge in [-0.25, -0.2) is 4.79 Å². The van der Waals surface area contributed by atoms with Gasteiger partial charge in [-0.15, -0.1) is 0 Å². The van der Waals surface area contributed by atoms with Crippen LogP contribution in [-0.4, -0.2) is 12.7 Å². The number of hydrogen-bond donors (Lipinski definition) is 1. The molecule has 0 aromatic heterocycles. The van der Waals surface area contributed by atoms with Crippen molar-refractivity contribution in [2.75, 3.05) is 6.61 Å². The summed E-state index contributed by atoms with van der Waals surface area (Å²) in [5, 5.41) is 2.76. The molecule has 3 heteroatoms. The van der Waals surface area contributed by atoms with E-state index in [1.165, 1.54) is 38.5 Å². The quantitative estimate of drug-likeness (QED) is 0.579. The molecule has 0 saturated heterocycles. The Kier molecular flexibility index (Phi) is 10.2. The highest BCUT2D eigenvalue weighted by atomic mass is 16.5. The minimum absolute atomic E-state index is 0.318. The molecule has 0 unspecified atom stereocenters. The third-order valence-electron chi connectivity index (χ3n) is 3.51. The summed E-state index contributed by atoms with van der Waals surface area (Å²) in [5.74, 6) is 0. The van der Waals surface area contributed by atoms with E-state index in [2.05, 4.69) is 12.2 Å². The predicted octanol–water partition coefficient (Wildman–Crippen LogP) is 5.05. The molecule has 1 aromatic rings. The lowest BCUT2D eigenvalue weighted by Crippen LogP contribution is -2.24. The molecule has 0 saturated carbocycles. The molecule has 1 aromatic carbocycles. The number of unbranched alkanes of at least 4 members (excludes halogenated alkanes) is 7. The molecule has 0 bridgehead atoms. The van der Waals surface area contributed by atoms with E-state index in [-0.39, 0.29) is 6.09 Å². The van der Waals surface area contributed by atoms with Crippen molar-refractivity contribution in [1.29, 1.82) is 0 Å². The van der Waals surface area contributed by atoms with E-state index in [0.717, 1.165) is 18.4 Å². The summed E-state index contributed by atoms with van der Waals surface area (Å²) in [6, 6.07) is 9.85. The van der Waals surface area contributed by atoms with Gasteiger partial charge in [0, 0.05) is 6.54 Å². The Hall–Kier alpha value is -1.51.